The molecule has 0 aliphatic carbocycles. The second-order valence-corrected chi connectivity index (χ2v) is 6.40. The van der Waals surface area contributed by atoms with Gasteiger partial charge in [0.25, 0.3) is 5.91 Å². The summed E-state index contributed by atoms with van der Waals surface area (Å²) in [5, 5.41) is 12.8. The fraction of sp³-hybridized carbons (Fsp3) is 0.111. The molecule has 4 rings (SSSR count). The number of carbonyl (C=O) groups excluding carboxylic acids is 1. The van der Waals surface area contributed by atoms with E-state index in [0.29, 0.717) is 34.6 Å². The molecule has 0 aromatic carbocycles. The van der Waals surface area contributed by atoms with Crippen LogP contribution in [0.25, 0.3) is 17.1 Å². The molecule has 140 valence electrons. The molecule has 0 unspecified atom stereocenters. The highest BCUT2D eigenvalue weighted by Crippen LogP contribution is 2.25. The Morgan fingerprint density at radius 1 is 1.21 bits per heavy atom. The third-order valence-corrected chi connectivity index (χ3v) is 4.46. The fourth-order valence-corrected chi connectivity index (χ4v) is 3.15. The van der Waals surface area contributed by atoms with Crippen LogP contribution in [0.1, 0.15) is 17.4 Å². The van der Waals surface area contributed by atoms with Crippen LogP contribution in [0.4, 0.5) is 5.13 Å². The highest BCUT2D eigenvalue weighted by atomic mass is 32.1. The maximum absolute atomic E-state index is 12.6. The van der Waals surface area contributed by atoms with Crippen LogP contribution < -0.4 is 10.1 Å². The third-order valence-electron chi connectivity index (χ3n) is 3.71. The first-order valence-corrected chi connectivity index (χ1v) is 9.30. The van der Waals surface area contributed by atoms with Gasteiger partial charge in [-0.3, -0.25) is 20.1 Å². The third kappa shape index (κ3) is 3.71. The molecule has 0 saturated heterocycles. The maximum Gasteiger partial charge on any atom is 0.277 e. The summed E-state index contributed by atoms with van der Waals surface area (Å²) in [4.78, 5) is 25.4. The number of nitrogens with zero attached hydrogens (tertiary/aromatic N) is 6. The molecule has 0 radical (unpaired) electrons. The van der Waals surface area contributed by atoms with Crippen LogP contribution in [0.3, 0.4) is 0 Å². The lowest BCUT2D eigenvalue weighted by molar-refractivity contribution is 0.101. The van der Waals surface area contributed by atoms with Crippen molar-refractivity contribution in [2.75, 3.05) is 11.9 Å². The van der Waals surface area contributed by atoms with Gasteiger partial charge in [0.05, 0.1) is 36.6 Å². The molecular formula is C18H15N7O2S. The Morgan fingerprint density at radius 2 is 2.14 bits per heavy atom. The summed E-state index contributed by atoms with van der Waals surface area (Å²) in [6, 6.07) is 7.21. The second kappa shape index (κ2) is 7.92. The van der Waals surface area contributed by atoms with Gasteiger partial charge in [0.2, 0.25) is 0 Å². The van der Waals surface area contributed by atoms with E-state index < -0.39 is 0 Å². The molecule has 9 nitrogen and oxygen atoms in total. The lowest BCUT2D eigenvalue weighted by atomic mass is 10.3. The monoisotopic (exact) mass is 393 g/mol. The molecule has 0 spiro atoms. The summed E-state index contributed by atoms with van der Waals surface area (Å²) in [5.41, 5.74) is 2.29. The molecule has 0 atom stereocenters. The maximum atomic E-state index is 12.6. The number of aromatic nitrogens is 6. The highest BCUT2D eigenvalue weighted by Gasteiger charge is 2.17. The van der Waals surface area contributed by atoms with Crippen molar-refractivity contribution >= 4 is 22.4 Å². The largest absolute Gasteiger partial charge is 0.492 e. The number of hydrogen-bond acceptors (Lipinski definition) is 8. The van der Waals surface area contributed by atoms with Crippen LogP contribution >= 0.6 is 11.3 Å². The van der Waals surface area contributed by atoms with E-state index in [0.717, 1.165) is 0 Å². The number of carbonyl (C=O) groups is 1. The number of hydrogen-bond donors (Lipinski definition) is 1. The lowest BCUT2D eigenvalue weighted by Gasteiger charge is -2.05. The number of nitrogens with one attached hydrogen (secondary N) is 1. The predicted molar refractivity (Wildman–Crippen MR) is 104 cm³/mol. The zero-order valence-corrected chi connectivity index (χ0v) is 15.6. The molecule has 0 saturated carbocycles. The van der Waals surface area contributed by atoms with E-state index in [4.69, 9.17) is 4.74 Å². The van der Waals surface area contributed by atoms with Crippen molar-refractivity contribution in [2.24, 2.45) is 0 Å². The Balaban J connectivity index is 1.50. The van der Waals surface area contributed by atoms with Gasteiger partial charge < -0.3 is 4.74 Å². The molecule has 1 N–H and O–H groups in total. The van der Waals surface area contributed by atoms with E-state index in [2.05, 4.69) is 30.6 Å². The van der Waals surface area contributed by atoms with Gasteiger partial charge in [0, 0.05) is 11.6 Å². The summed E-state index contributed by atoms with van der Waals surface area (Å²) in [6.07, 6.45) is 6.29. The molecule has 0 aliphatic heterocycles. The minimum Gasteiger partial charge on any atom is -0.492 e. The summed E-state index contributed by atoms with van der Waals surface area (Å²) in [5.74, 6) is 0.334. The normalized spacial score (nSPS) is 10.6. The zero-order valence-electron chi connectivity index (χ0n) is 14.8. The van der Waals surface area contributed by atoms with Crippen LogP contribution in [0.15, 0.2) is 54.4 Å². The first-order valence-electron chi connectivity index (χ1n) is 8.42. The van der Waals surface area contributed by atoms with Crippen LogP contribution in [-0.4, -0.2) is 42.5 Å². The fourth-order valence-electron chi connectivity index (χ4n) is 2.45. The van der Waals surface area contributed by atoms with E-state index in [1.807, 2.05) is 24.4 Å². The SMILES string of the molecule is CCOc1ccc(-c2csc(NC(=O)c3cnnn3-c3cccnc3)n2)nc1. The van der Waals surface area contributed by atoms with Crippen molar-refractivity contribution in [1.29, 1.82) is 0 Å². The van der Waals surface area contributed by atoms with Crippen molar-refractivity contribution in [3.8, 4) is 22.8 Å². The number of amides is 1. The number of rotatable bonds is 6. The molecule has 0 bridgehead atoms. The number of pyridine rings is 2. The highest BCUT2D eigenvalue weighted by molar-refractivity contribution is 7.14. The molecular weight excluding hydrogens is 378 g/mol. The van der Waals surface area contributed by atoms with Crippen molar-refractivity contribution in [2.45, 2.75) is 6.92 Å². The molecule has 4 aromatic rings. The minimum absolute atomic E-state index is 0.281. The van der Waals surface area contributed by atoms with Crippen molar-refractivity contribution < 1.29 is 9.53 Å². The predicted octanol–water partition coefficient (Wildman–Crippen LogP) is 2.83. The molecule has 10 heteroatoms. The molecule has 4 heterocycles. The number of thiazole rings is 1. The van der Waals surface area contributed by atoms with Gasteiger partial charge in [-0.05, 0) is 31.2 Å². The molecule has 4 aromatic heterocycles. The Morgan fingerprint density at radius 3 is 2.89 bits per heavy atom. The first kappa shape index (κ1) is 17.7. The van der Waals surface area contributed by atoms with Crippen molar-refractivity contribution in [3.63, 3.8) is 0 Å². The van der Waals surface area contributed by atoms with Gasteiger partial charge in [0.15, 0.2) is 10.8 Å². The van der Waals surface area contributed by atoms with E-state index in [1.165, 1.54) is 22.2 Å². The Bertz CT molecular complexity index is 1080. The average molecular weight is 393 g/mol. The van der Waals surface area contributed by atoms with Crippen LogP contribution in [0, 0.1) is 0 Å². The zero-order chi connectivity index (χ0) is 19.3. The van der Waals surface area contributed by atoms with Crippen LogP contribution in [0.5, 0.6) is 5.75 Å². The quantitative estimate of drug-likeness (QED) is 0.537. The standard InChI is InChI=1S/C18H15N7O2S/c1-2-27-13-5-6-14(20-9-13)15-11-28-18(22-15)23-17(26)16-10-21-24-25(16)12-4-3-7-19-8-12/h3-11H,2H2,1H3,(H,22,23,26). The number of ether oxygens (including phenoxy) is 1. The van der Waals surface area contributed by atoms with E-state index >= 15 is 0 Å². The van der Waals surface area contributed by atoms with E-state index in [1.54, 1.807) is 30.7 Å². The molecule has 28 heavy (non-hydrogen) atoms. The summed E-state index contributed by atoms with van der Waals surface area (Å²) in [6.45, 7) is 2.50. The van der Waals surface area contributed by atoms with Gasteiger partial charge >= 0.3 is 0 Å². The summed E-state index contributed by atoms with van der Waals surface area (Å²) in [7, 11) is 0. The number of anilines is 1. The average Bonchev–Trinajstić information content (AvgIpc) is 3.39. The summed E-state index contributed by atoms with van der Waals surface area (Å²) < 4.78 is 6.81. The van der Waals surface area contributed by atoms with Gasteiger partial charge in [-0.2, -0.15) is 0 Å². The molecule has 1 amide bonds. The van der Waals surface area contributed by atoms with E-state index in [-0.39, 0.29) is 11.6 Å². The van der Waals surface area contributed by atoms with Gasteiger partial charge in [-0.25, -0.2) is 9.67 Å². The lowest BCUT2D eigenvalue weighted by Crippen LogP contribution is -2.17. The minimum atomic E-state index is -0.366. The van der Waals surface area contributed by atoms with Gasteiger partial charge in [-0.15, -0.1) is 16.4 Å². The first-order chi connectivity index (χ1) is 13.7. The van der Waals surface area contributed by atoms with E-state index in [9.17, 15) is 4.79 Å². The van der Waals surface area contributed by atoms with Crippen molar-refractivity contribution in [3.05, 3.63) is 60.1 Å². The van der Waals surface area contributed by atoms with Crippen molar-refractivity contribution in [1.82, 2.24) is 29.9 Å². The molecule has 0 fully saturated rings. The van der Waals surface area contributed by atoms with Gasteiger partial charge in [-0.1, -0.05) is 5.21 Å². The Hall–Kier alpha value is -3.66. The smallest absolute Gasteiger partial charge is 0.277 e. The second-order valence-electron chi connectivity index (χ2n) is 5.55. The Kier molecular flexibility index (Phi) is 5.02. The Labute approximate surface area is 164 Å². The summed E-state index contributed by atoms with van der Waals surface area (Å²) >= 11 is 1.31. The van der Waals surface area contributed by atoms with Crippen LogP contribution in [-0.2, 0) is 0 Å². The van der Waals surface area contributed by atoms with Crippen LogP contribution in [0.2, 0.25) is 0 Å². The molecule has 0 aliphatic rings. The van der Waals surface area contributed by atoms with Gasteiger partial charge in [0.1, 0.15) is 11.4 Å². The topological polar surface area (TPSA) is 108 Å².